The lowest BCUT2D eigenvalue weighted by molar-refractivity contribution is -0.133. The van der Waals surface area contributed by atoms with Crippen molar-refractivity contribution in [3.63, 3.8) is 0 Å². The standard InChI is InChI=1S/C28H31FN4O4/c1-5-12-31(3)13-7-14-32-26(35)28(2)16-19-22-20(10-11-21(37-4)23(22)29)30-24(19)25(33(28)27(32)36)17-8-6-9-18(34)15-17/h5-6,8-11,15,25,30,34H,1,7,12-14,16H2,2-4H3. The second kappa shape index (κ2) is 9.23. The van der Waals surface area contributed by atoms with Crippen molar-refractivity contribution in [1.82, 2.24) is 19.7 Å². The van der Waals surface area contributed by atoms with Crippen molar-refractivity contribution in [1.29, 1.82) is 0 Å². The summed E-state index contributed by atoms with van der Waals surface area (Å²) < 4.78 is 20.8. The predicted octanol–water partition coefficient (Wildman–Crippen LogP) is 4.20. The summed E-state index contributed by atoms with van der Waals surface area (Å²) in [4.78, 5) is 36.0. The van der Waals surface area contributed by atoms with Gasteiger partial charge in [-0.3, -0.25) is 14.6 Å². The quantitative estimate of drug-likeness (QED) is 0.353. The normalized spacial score (nSPS) is 21.1. The summed E-state index contributed by atoms with van der Waals surface area (Å²) in [6.07, 6.45) is 2.57. The van der Waals surface area contributed by atoms with Crippen LogP contribution in [0.5, 0.6) is 11.5 Å². The van der Waals surface area contributed by atoms with Gasteiger partial charge in [0, 0.05) is 36.1 Å². The highest BCUT2D eigenvalue weighted by atomic mass is 19.1. The van der Waals surface area contributed by atoms with Crippen molar-refractivity contribution in [2.45, 2.75) is 31.3 Å². The first kappa shape index (κ1) is 24.8. The van der Waals surface area contributed by atoms with E-state index in [-0.39, 0.29) is 30.4 Å². The number of nitrogens with zero attached hydrogens (tertiary/aromatic N) is 3. The molecular formula is C28H31FN4O4. The van der Waals surface area contributed by atoms with E-state index < -0.39 is 23.4 Å². The first-order valence-corrected chi connectivity index (χ1v) is 12.3. The highest BCUT2D eigenvalue weighted by molar-refractivity contribution is 6.08. The molecule has 9 heteroatoms. The number of fused-ring (bicyclic) bond motifs is 4. The van der Waals surface area contributed by atoms with Gasteiger partial charge in [0.2, 0.25) is 0 Å². The van der Waals surface area contributed by atoms with Gasteiger partial charge in [0.1, 0.15) is 17.3 Å². The van der Waals surface area contributed by atoms with Crippen molar-refractivity contribution in [2.75, 3.05) is 33.8 Å². The molecule has 1 aromatic heterocycles. The smallest absolute Gasteiger partial charge is 0.328 e. The molecule has 1 fully saturated rings. The Kier molecular flexibility index (Phi) is 6.19. The number of aromatic nitrogens is 1. The van der Waals surface area contributed by atoms with Gasteiger partial charge in [-0.15, -0.1) is 6.58 Å². The van der Waals surface area contributed by atoms with Gasteiger partial charge < -0.3 is 19.7 Å². The molecule has 0 aliphatic carbocycles. The fourth-order valence-corrected chi connectivity index (χ4v) is 5.76. The monoisotopic (exact) mass is 506 g/mol. The maximum Gasteiger partial charge on any atom is 0.328 e. The third kappa shape index (κ3) is 3.85. The molecule has 0 saturated carbocycles. The van der Waals surface area contributed by atoms with E-state index in [0.29, 0.717) is 47.2 Å². The molecule has 3 amide bonds. The maximum atomic E-state index is 15.5. The van der Waals surface area contributed by atoms with Crippen LogP contribution in [0.25, 0.3) is 10.9 Å². The SMILES string of the molecule is C=CCN(C)CCCN1C(=O)N2C(c3cccc(O)c3)c3[nH]c4ccc(OC)c(F)c4c3CC2(C)C1=O. The third-order valence-electron chi connectivity index (χ3n) is 7.50. The number of methoxy groups -OCH3 is 1. The second-order valence-corrected chi connectivity index (χ2v) is 9.98. The van der Waals surface area contributed by atoms with Crippen LogP contribution in [0.2, 0.25) is 0 Å². The van der Waals surface area contributed by atoms with Crippen LogP contribution in [0.3, 0.4) is 0 Å². The Balaban J connectivity index is 1.62. The molecule has 0 bridgehead atoms. The summed E-state index contributed by atoms with van der Waals surface area (Å²) in [5.74, 6) is -0.675. The molecule has 0 radical (unpaired) electrons. The summed E-state index contributed by atoms with van der Waals surface area (Å²) in [7, 11) is 3.36. The van der Waals surface area contributed by atoms with Crippen molar-refractivity contribution in [2.24, 2.45) is 0 Å². The number of hydrogen-bond acceptors (Lipinski definition) is 5. The molecular weight excluding hydrogens is 475 g/mol. The molecule has 8 nitrogen and oxygen atoms in total. The summed E-state index contributed by atoms with van der Waals surface area (Å²) in [5, 5.41) is 10.6. The van der Waals surface area contributed by atoms with E-state index in [1.807, 2.05) is 7.05 Å². The number of phenols is 1. The van der Waals surface area contributed by atoms with E-state index in [1.54, 1.807) is 54.3 Å². The van der Waals surface area contributed by atoms with Gasteiger partial charge in [-0.2, -0.15) is 0 Å². The molecule has 3 aromatic rings. The van der Waals surface area contributed by atoms with E-state index in [1.165, 1.54) is 12.0 Å². The van der Waals surface area contributed by atoms with Crippen molar-refractivity contribution >= 4 is 22.8 Å². The third-order valence-corrected chi connectivity index (χ3v) is 7.50. The predicted molar refractivity (Wildman–Crippen MR) is 138 cm³/mol. The van der Waals surface area contributed by atoms with E-state index >= 15 is 4.39 Å². The van der Waals surface area contributed by atoms with Crippen LogP contribution in [0.4, 0.5) is 9.18 Å². The molecule has 2 N–H and O–H groups in total. The number of ether oxygens (including phenoxy) is 1. The number of benzene rings is 2. The summed E-state index contributed by atoms with van der Waals surface area (Å²) in [6, 6.07) is 8.79. The number of amides is 3. The van der Waals surface area contributed by atoms with Crippen LogP contribution in [-0.2, 0) is 11.2 Å². The summed E-state index contributed by atoms with van der Waals surface area (Å²) in [5.41, 5.74) is 1.21. The van der Waals surface area contributed by atoms with Crippen LogP contribution in [0.1, 0.15) is 36.2 Å². The largest absolute Gasteiger partial charge is 0.508 e. The number of imide groups is 1. The maximum absolute atomic E-state index is 15.5. The summed E-state index contributed by atoms with van der Waals surface area (Å²) in [6.45, 7) is 7.17. The minimum atomic E-state index is -1.22. The number of aromatic hydroxyl groups is 1. The van der Waals surface area contributed by atoms with Gasteiger partial charge in [0.15, 0.2) is 11.6 Å². The van der Waals surface area contributed by atoms with Crippen molar-refractivity contribution in [3.05, 3.63) is 71.7 Å². The van der Waals surface area contributed by atoms with Crippen LogP contribution >= 0.6 is 0 Å². The molecule has 37 heavy (non-hydrogen) atoms. The topological polar surface area (TPSA) is 89.1 Å². The van der Waals surface area contributed by atoms with E-state index in [0.717, 1.165) is 0 Å². The Morgan fingerprint density at radius 2 is 2.11 bits per heavy atom. The van der Waals surface area contributed by atoms with Gasteiger partial charge in [0.05, 0.1) is 7.11 Å². The van der Waals surface area contributed by atoms with Gasteiger partial charge in [-0.1, -0.05) is 18.2 Å². The van der Waals surface area contributed by atoms with Gasteiger partial charge in [0.25, 0.3) is 5.91 Å². The molecule has 5 rings (SSSR count). The minimum Gasteiger partial charge on any atom is -0.508 e. The molecule has 2 aromatic carbocycles. The molecule has 2 aliphatic rings. The molecule has 2 atom stereocenters. The van der Waals surface area contributed by atoms with E-state index in [9.17, 15) is 14.7 Å². The fraction of sp³-hybridized carbons (Fsp3) is 0.357. The van der Waals surface area contributed by atoms with Crippen molar-refractivity contribution in [3.8, 4) is 11.5 Å². The fourth-order valence-electron chi connectivity index (χ4n) is 5.76. The van der Waals surface area contributed by atoms with Crippen LogP contribution in [-0.4, -0.2) is 76.1 Å². The zero-order chi connectivity index (χ0) is 26.5. The first-order valence-electron chi connectivity index (χ1n) is 12.3. The van der Waals surface area contributed by atoms with Crippen LogP contribution < -0.4 is 4.74 Å². The number of likely N-dealkylation sites (N-methyl/N-ethyl adjacent to an activating group) is 1. The molecule has 2 aliphatic heterocycles. The van der Waals surface area contributed by atoms with Gasteiger partial charge >= 0.3 is 6.03 Å². The number of H-pyrrole nitrogens is 1. The molecule has 2 unspecified atom stereocenters. The molecule has 3 heterocycles. The zero-order valence-electron chi connectivity index (χ0n) is 21.3. The Labute approximate surface area is 214 Å². The Morgan fingerprint density at radius 1 is 1.32 bits per heavy atom. The number of halogens is 1. The Bertz CT molecular complexity index is 1400. The Morgan fingerprint density at radius 3 is 2.81 bits per heavy atom. The number of carbonyl (C=O) groups is 2. The minimum absolute atomic E-state index is 0.0374. The highest BCUT2D eigenvalue weighted by Crippen LogP contribution is 2.49. The molecule has 0 spiro atoms. The number of aromatic amines is 1. The summed E-state index contributed by atoms with van der Waals surface area (Å²) >= 11 is 0. The number of hydrogen-bond donors (Lipinski definition) is 2. The highest BCUT2D eigenvalue weighted by Gasteiger charge is 2.60. The lowest BCUT2D eigenvalue weighted by Crippen LogP contribution is -2.53. The van der Waals surface area contributed by atoms with Gasteiger partial charge in [-0.05, 0) is 62.3 Å². The number of rotatable bonds is 8. The first-order chi connectivity index (χ1) is 17.7. The lowest BCUT2D eigenvalue weighted by Gasteiger charge is -2.42. The zero-order valence-corrected chi connectivity index (χ0v) is 21.3. The van der Waals surface area contributed by atoms with Crippen LogP contribution in [0.15, 0.2) is 49.1 Å². The van der Waals surface area contributed by atoms with Gasteiger partial charge in [-0.25, -0.2) is 9.18 Å². The number of carbonyl (C=O) groups excluding carboxylic acids is 2. The molecule has 1 saturated heterocycles. The van der Waals surface area contributed by atoms with E-state index in [4.69, 9.17) is 4.74 Å². The number of nitrogens with one attached hydrogen (secondary N) is 1. The second-order valence-electron chi connectivity index (χ2n) is 9.98. The molecule has 194 valence electrons. The average Bonchev–Trinajstić information content (AvgIpc) is 3.31. The van der Waals surface area contributed by atoms with E-state index in [2.05, 4.69) is 16.5 Å². The van der Waals surface area contributed by atoms with Crippen LogP contribution in [0, 0.1) is 5.82 Å². The number of urea groups is 1. The average molecular weight is 507 g/mol. The van der Waals surface area contributed by atoms with Crippen molar-refractivity contribution < 1.29 is 23.8 Å². The lowest BCUT2D eigenvalue weighted by atomic mass is 9.81. The number of phenolic OH excluding ortho intramolecular Hbond substituents is 1. The Hall–Kier alpha value is -3.85.